The van der Waals surface area contributed by atoms with Crippen molar-refractivity contribution in [3.8, 4) is 17.2 Å². The molecule has 0 radical (unpaired) electrons. The number of rotatable bonds is 16. The van der Waals surface area contributed by atoms with Crippen molar-refractivity contribution < 1.29 is 98.5 Å². The van der Waals surface area contributed by atoms with Crippen molar-refractivity contribution >= 4 is 41.2 Å². The van der Waals surface area contributed by atoms with Crippen LogP contribution in [0.2, 0.25) is 0 Å². The van der Waals surface area contributed by atoms with Crippen LogP contribution in [0.5, 0.6) is 17.2 Å². The Bertz CT molecular complexity index is 2130. The van der Waals surface area contributed by atoms with Crippen LogP contribution in [0.25, 0.3) is 0 Å². The van der Waals surface area contributed by atoms with Crippen molar-refractivity contribution in [1.29, 1.82) is 0 Å². The second-order valence-corrected chi connectivity index (χ2v) is 16.0. The number of ketones is 3. The minimum atomic E-state index is -2.00. The van der Waals surface area contributed by atoms with Crippen LogP contribution < -0.4 is 27.3 Å². The maximum Gasteiger partial charge on any atom is 0.320 e. The summed E-state index contributed by atoms with van der Waals surface area (Å²) in [6.45, 7) is 0.903. The summed E-state index contributed by atoms with van der Waals surface area (Å²) in [7, 11) is 2.58. The van der Waals surface area contributed by atoms with Gasteiger partial charge in [0.1, 0.15) is 40.5 Å². The van der Waals surface area contributed by atoms with Gasteiger partial charge in [-0.1, -0.05) is 12.1 Å². The first-order chi connectivity index (χ1) is 30.9. The molecule has 0 spiro atoms. The highest BCUT2D eigenvalue weighted by Gasteiger charge is 2.49. The molecule has 8 atom stereocenters. The first kappa shape index (κ1) is 54.7. The molecular weight excluding hydrogens is 880 g/mol. The summed E-state index contributed by atoms with van der Waals surface area (Å²) in [5.41, 5.74) is 11.8. The molecule has 8 unspecified atom stereocenters. The van der Waals surface area contributed by atoms with Gasteiger partial charge in [0.2, 0.25) is 11.7 Å². The number of hydrogen-bond donors (Lipinski definition) is 13. The number of ether oxygens (including phenoxy) is 4. The van der Waals surface area contributed by atoms with Crippen LogP contribution in [0.3, 0.4) is 0 Å². The van der Waals surface area contributed by atoms with Crippen molar-refractivity contribution in [2.24, 2.45) is 17.2 Å². The molecule has 5 rings (SSSR count). The number of phenolic OH excluding ortho intramolecular Hbond substituents is 2. The van der Waals surface area contributed by atoms with Gasteiger partial charge in [0.05, 0.1) is 69.0 Å². The predicted octanol–water partition coefficient (Wildman–Crippen LogP) is -2.61. The lowest BCUT2D eigenvalue weighted by Crippen LogP contribution is -2.57. The van der Waals surface area contributed by atoms with E-state index in [0.717, 1.165) is 0 Å². The number of amides is 1. The molecule has 1 heterocycles. The summed E-state index contributed by atoms with van der Waals surface area (Å²) in [4.78, 5) is 81.9. The Labute approximate surface area is 377 Å². The number of benzene rings is 2. The van der Waals surface area contributed by atoms with E-state index in [0.29, 0.717) is 0 Å². The van der Waals surface area contributed by atoms with E-state index in [-0.39, 0.29) is 66.5 Å². The van der Waals surface area contributed by atoms with Gasteiger partial charge in [0.25, 0.3) is 0 Å². The third-order valence-electron chi connectivity index (χ3n) is 11.3. The summed E-state index contributed by atoms with van der Waals surface area (Å²) < 4.78 is 21.4. The Morgan fingerprint density at radius 3 is 1.97 bits per heavy atom. The number of methoxy groups -OCH3 is 2. The lowest BCUT2D eigenvalue weighted by atomic mass is 9.72. The highest BCUT2D eigenvalue weighted by atomic mass is 16.7. The molecule has 66 heavy (non-hydrogen) atoms. The van der Waals surface area contributed by atoms with Gasteiger partial charge >= 0.3 is 17.9 Å². The quantitative estimate of drug-likeness (QED) is 0.0517. The van der Waals surface area contributed by atoms with E-state index in [1.54, 1.807) is 6.92 Å². The summed E-state index contributed by atoms with van der Waals surface area (Å²) >= 11 is 0. The molecule has 366 valence electrons. The van der Waals surface area contributed by atoms with E-state index in [1.165, 1.54) is 39.3 Å². The van der Waals surface area contributed by atoms with E-state index in [9.17, 15) is 54.0 Å². The fraction of sp³-hybridized carbons (Fsp3) is 0.548. The summed E-state index contributed by atoms with van der Waals surface area (Å²) in [5.74, 6) is -6.53. The van der Waals surface area contributed by atoms with Crippen LogP contribution >= 0.6 is 0 Å². The number of aromatic hydroxyl groups is 2. The van der Waals surface area contributed by atoms with Crippen LogP contribution in [0, 0.1) is 0 Å². The number of nitrogens with one attached hydrogen (secondary N) is 1. The zero-order chi connectivity index (χ0) is 50.0. The van der Waals surface area contributed by atoms with Crippen molar-refractivity contribution in [1.82, 2.24) is 5.32 Å². The van der Waals surface area contributed by atoms with Crippen LogP contribution in [-0.4, -0.2) is 169 Å². The largest absolute Gasteiger partial charge is 0.507 e. The lowest BCUT2D eigenvalue weighted by Gasteiger charge is -2.42. The molecule has 2 aliphatic carbocycles. The number of carbonyl (C=O) groups excluding carboxylic acids is 5. The summed E-state index contributed by atoms with van der Waals surface area (Å²) in [5, 5.41) is 90.0. The number of carbonyl (C=O) groups is 7. The number of hydrogen-bond acceptors (Lipinski definition) is 21. The molecule has 1 amide bonds. The Balaban J connectivity index is 0.000000341. The molecule has 0 aromatic heterocycles. The maximum atomic E-state index is 13.6. The van der Waals surface area contributed by atoms with E-state index in [4.69, 9.17) is 56.9 Å². The standard InChI is InChI=1S/C27H29NO10.C9H18N2O6.C6H11NO4/c1-10-22(30)14(28)7-17(37-10)38-16-9-27(35,11(2)29)8-13-19(16)26(34)21-20(24(13)32)23(31)12-5-4-6-15(36-3)18(12)25(21)33;10-6(8(16)17)1-2-7(15)11-9(3-12,4-13)5-14;1-11-5(8)3-2-4(7)6(9)10/h4-6,10,14,16-17,22,30,32,34-35H,7-9,28H2,1-3H3;6,12-14H,1-5,10H2,(H,11,15)(H,16,17);4H,2-3,7H2,1H3,(H,9,10). The van der Waals surface area contributed by atoms with E-state index in [2.05, 4.69) is 10.1 Å². The van der Waals surface area contributed by atoms with E-state index < -0.39 is 144 Å². The first-order valence-electron chi connectivity index (χ1n) is 20.4. The Kier molecular flexibility index (Phi) is 19.2. The number of aliphatic hydroxyl groups is 5. The molecule has 0 bridgehead atoms. The number of esters is 1. The Morgan fingerprint density at radius 2 is 1.47 bits per heavy atom. The number of phenols is 2. The number of fused-ring (bicyclic) bond motifs is 3. The van der Waals surface area contributed by atoms with E-state index >= 15 is 0 Å². The van der Waals surface area contributed by atoms with Gasteiger partial charge in [-0.3, -0.25) is 33.6 Å². The van der Waals surface area contributed by atoms with Crippen LogP contribution in [0.4, 0.5) is 0 Å². The first-order valence-corrected chi connectivity index (χ1v) is 20.4. The normalized spacial score (nSPS) is 22.9. The van der Waals surface area contributed by atoms with Gasteiger partial charge in [-0.05, 0) is 32.8 Å². The molecule has 2 aromatic rings. The highest BCUT2D eigenvalue weighted by Crippen LogP contribution is 2.52. The fourth-order valence-corrected chi connectivity index (χ4v) is 7.19. The molecule has 24 nitrogen and oxygen atoms in total. The van der Waals surface area contributed by atoms with Crippen molar-refractivity contribution in [3.05, 3.63) is 51.6 Å². The number of Topliss-reactive ketones (excluding diaryl/α,β-unsaturated/α-hetero) is 1. The van der Waals surface area contributed by atoms with Gasteiger partial charge in [-0.15, -0.1) is 0 Å². The predicted molar refractivity (Wildman–Crippen MR) is 224 cm³/mol. The van der Waals surface area contributed by atoms with Gasteiger partial charge in [-0.2, -0.15) is 0 Å². The third kappa shape index (κ3) is 12.4. The zero-order valence-electron chi connectivity index (χ0n) is 36.6. The second-order valence-electron chi connectivity index (χ2n) is 16.0. The van der Waals surface area contributed by atoms with Crippen molar-refractivity contribution in [2.45, 2.75) is 113 Å². The summed E-state index contributed by atoms with van der Waals surface area (Å²) in [6.07, 6.45) is -4.61. The molecule has 1 aliphatic heterocycles. The zero-order valence-corrected chi connectivity index (χ0v) is 36.6. The third-order valence-corrected chi connectivity index (χ3v) is 11.3. The number of aliphatic hydroxyl groups excluding tert-OH is 4. The summed E-state index contributed by atoms with van der Waals surface area (Å²) in [6, 6.07) is 1.62. The molecule has 2 aromatic carbocycles. The fourth-order valence-electron chi connectivity index (χ4n) is 7.19. The van der Waals surface area contributed by atoms with Crippen LogP contribution in [0.1, 0.15) is 101 Å². The van der Waals surface area contributed by atoms with Gasteiger partial charge in [0, 0.05) is 54.8 Å². The van der Waals surface area contributed by atoms with Crippen molar-refractivity contribution in [3.63, 3.8) is 0 Å². The van der Waals surface area contributed by atoms with Crippen molar-refractivity contribution in [2.75, 3.05) is 34.0 Å². The topological polar surface area (TPSA) is 429 Å². The van der Waals surface area contributed by atoms with Gasteiger partial charge < -0.3 is 87.4 Å². The Hall–Kier alpha value is -5.67. The number of nitrogens with two attached hydrogens (primary N) is 3. The monoisotopic (exact) mass is 938 g/mol. The van der Waals surface area contributed by atoms with Crippen LogP contribution in [-0.2, 0) is 44.6 Å². The molecule has 1 saturated heterocycles. The van der Waals surface area contributed by atoms with Gasteiger partial charge in [0.15, 0.2) is 17.9 Å². The minimum absolute atomic E-state index is 0.0147. The molecule has 24 heteroatoms. The number of aliphatic carboxylic acids is 2. The van der Waals surface area contributed by atoms with Gasteiger partial charge in [-0.25, -0.2) is 0 Å². The molecule has 1 fully saturated rings. The second kappa shape index (κ2) is 23.2. The van der Waals surface area contributed by atoms with Crippen LogP contribution in [0.15, 0.2) is 18.2 Å². The number of carboxylic acids is 2. The molecular formula is C42H58N4O20. The molecule has 0 saturated carbocycles. The SMILES string of the molecule is COC(=O)CCC(N)C(=O)O.COc1cccc2c1C(=O)c1c(O)c3c(c(O)c1C2=O)CC(O)(C(C)=O)CC3OC1CC(N)C(O)C(C)O1.NC(CCC(=O)NC(CO)(CO)CO)C(=O)O. The Morgan fingerprint density at radius 1 is 0.909 bits per heavy atom. The molecule has 3 aliphatic rings. The van der Waals surface area contributed by atoms with E-state index in [1.807, 2.05) is 0 Å². The maximum absolute atomic E-state index is 13.6. The minimum Gasteiger partial charge on any atom is -0.507 e. The molecule has 16 N–H and O–H groups in total. The number of carboxylic acid groups (broad SMARTS) is 2. The average molecular weight is 939 g/mol. The smallest absolute Gasteiger partial charge is 0.320 e. The highest BCUT2D eigenvalue weighted by molar-refractivity contribution is 6.31. The lowest BCUT2D eigenvalue weighted by molar-refractivity contribution is -0.247. The average Bonchev–Trinajstić information content (AvgIpc) is 3.28.